The fourth-order valence-electron chi connectivity index (χ4n) is 0.738. The highest BCUT2D eigenvalue weighted by Gasteiger charge is 2.35. The molecule has 0 spiro atoms. The van der Waals surface area contributed by atoms with Crippen LogP contribution in [0.2, 0.25) is 0 Å². The summed E-state index contributed by atoms with van der Waals surface area (Å²) in [5.74, 6) is 0. The van der Waals surface area contributed by atoms with Gasteiger partial charge in [0.05, 0.1) is 12.8 Å². The monoisotopic (exact) mass is 177 g/mol. The lowest BCUT2D eigenvalue weighted by molar-refractivity contribution is 0.102. The highest BCUT2D eigenvalue weighted by molar-refractivity contribution is 7.32. The van der Waals surface area contributed by atoms with Crippen molar-refractivity contribution in [2.45, 2.75) is 32.4 Å². The van der Waals surface area contributed by atoms with Crippen LogP contribution >= 0.6 is 8.25 Å². The van der Waals surface area contributed by atoms with Gasteiger partial charge in [-0.1, -0.05) is 13.8 Å². The SMILES string of the molecule is [C-]#[N+]C(CC)(CC)O[PH](=O)O. The number of hydrogen-bond donors (Lipinski definition) is 1. The Morgan fingerprint density at radius 2 is 2.09 bits per heavy atom. The topological polar surface area (TPSA) is 50.9 Å². The van der Waals surface area contributed by atoms with Gasteiger partial charge in [-0.2, -0.15) is 0 Å². The predicted octanol–water partition coefficient (Wildman–Crippen LogP) is 1.82. The molecule has 0 aliphatic heterocycles. The molecule has 5 heteroatoms. The molecule has 0 fully saturated rings. The van der Waals surface area contributed by atoms with Gasteiger partial charge in [-0.15, -0.1) is 0 Å². The molecule has 0 aromatic rings. The Bertz CT molecular complexity index is 183. The second-order valence-electron chi connectivity index (χ2n) is 2.13. The van der Waals surface area contributed by atoms with Crippen LogP contribution in [0.25, 0.3) is 4.85 Å². The van der Waals surface area contributed by atoms with Crippen molar-refractivity contribution in [1.82, 2.24) is 0 Å². The number of rotatable bonds is 4. The van der Waals surface area contributed by atoms with Crippen LogP contribution in [-0.2, 0) is 9.09 Å². The summed E-state index contributed by atoms with van der Waals surface area (Å²) < 4.78 is 14.9. The molecule has 0 saturated carbocycles. The minimum Gasteiger partial charge on any atom is -0.326 e. The van der Waals surface area contributed by atoms with Crippen LogP contribution in [0.15, 0.2) is 0 Å². The van der Waals surface area contributed by atoms with Gasteiger partial charge in [0, 0.05) is 0 Å². The third-order valence-corrected chi connectivity index (χ3v) is 2.14. The fraction of sp³-hybridized carbons (Fsp3) is 0.833. The Morgan fingerprint density at radius 3 is 2.18 bits per heavy atom. The van der Waals surface area contributed by atoms with Gasteiger partial charge >= 0.3 is 14.0 Å². The van der Waals surface area contributed by atoms with Crippen molar-refractivity contribution >= 4 is 8.25 Å². The molecule has 1 unspecified atom stereocenters. The van der Waals surface area contributed by atoms with E-state index in [-0.39, 0.29) is 0 Å². The molecular weight excluding hydrogens is 165 g/mol. The van der Waals surface area contributed by atoms with Crippen LogP contribution in [0.3, 0.4) is 0 Å². The lowest BCUT2D eigenvalue weighted by Gasteiger charge is -2.15. The van der Waals surface area contributed by atoms with E-state index in [1.54, 1.807) is 13.8 Å². The average molecular weight is 177 g/mol. The van der Waals surface area contributed by atoms with E-state index in [0.717, 1.165) is 0 Å². The molecule has 0 aromatic heterocycles. The van der Waals surface area contributed by atoms with Crippen LogP contribution in [0.5, 0.6) is 0 Å². The maximum Gasteiger partial charge on any atom is 0.343 e. The maximum absolute atomic E-state index is 10.3. The third-order valence-electron chi connectivity index (χ3n) is 1.59. The highest BCUT2D eigenvalue weighted by Crippen LogP contribution is 2.32. The van der Waals surface area contributed by atoms with E-state index in [4.69, 9.17) is 11.5 Å². The van der Waals surface area contributed by atoms with Gasteiger partial charge in [-0.25, -0.2) is 11.1 Å². The van der Waals surface area contributed by atoms with E-state index >= 15 is 0 Å². The number of nitrogens with zero attached hydrogens (tertiary/aromatic N) is 1. The fourth-order valence-corrected chi connectivity index (χ4v) is 1.40. The Labute approximate surface area is 67.0 Å². The highest BCUT2D eigenvalue weighted by atomic mass is 31.1. The van der Waals surface area contributed by atoms with Gasteiger partial charge in [0.1, 0.15) is 0 Å². The molecule has 64 valence electrons. The van der Waals surface area contributed by atoms with Crippen molar-refractivity contribution in [1.29, 1.82) is 0 Å². The Balaban J connectivity index is 4.32. The lowest BCUT2D eigenvalue weighted by atomic mass is 10.1. The summed E-state index contributed by atoms with van der Waals surface area (Å²) in [5, 5.41) is 0. The van der Waals surface area contributed by atoms with Gasteiger partial charge < -0.3 is 4.89 Å². The summed E-state index contributed by atoms with van der Waals surface area (Å²) in [4.78, 5) is 11.7. The second-order valence-corrected chi connectivity index (χ2v) is 2.87. The minimum atomic E-state index is -2.99. The molecule has 0 aromatic carbocycles. The molecule has 0 radical (unpaired) electrons. The van der Waals surface area contributed by atoms with Crippen LogP contribution in [0.4, 0.5) is 0 Å². The van der Waals surface area contributed by atoms with Crippen molar-refractivity contribution in [2.24, 2.45) is 0 Å². The number of hydrogen-bond acceptors (Lipinski definition) is 2. The molecule has 0 amide bonds. The molecule has 0 aliphatic rings. The minimum absolute atomic E-state index is 0.434. The first-order valence-electron chi connectivity index (χ1n) is 3.40. The lowest BCUT2D eigenvalue weighted by Crippen LogP contribution is -2.23. The van der Waals surface area contributed by atoms with Gasteiger partial charge in [0.15, 0.2) is 0 Å². The first-order valence-corrected chi connectivity index (χ1v) is 4.67. The zero-order valence-corrected chi connectivity index (χ0v) is 7.63. The first kappa shape index (κ1) is 10.6. The van der Waals surface area contributed by atoms with Gasteiger partial charge in [-0.3, -0.25) is 9.41 Å². The summed E-state index contributed by atoms with van der Waals surface area (Å²) in [6.07, 6.45) is 0.869. The van der Waals surface area contributed by atoms with E-state index in [1.165, 1.54) is 0 Å². The zero-order chi connectivity index (χ0) is 8.91. The maximum atomic E-state index is 10.3. The molecule has 1 atom stereocenters. The van der Waals surface area contributed by atoms with Crippen LogP contribution in [0, 0.1) is 6.57 Å². The van der Waals surface area contributed by atoms with Crippen LogP contribution in [0.1, 0.15) is 26.7 Å². The largest absolute Gasteiger partial charge is 0.343 e. The Morgan fingerprint density at radius 1 is 1.64 bits per heavy atom. The van der Waals surface area contributed by atoms with Crippen LogP contribution in [-0.4, -0.2) is 10.6 Å². The van der Waals surface area contributed by atoms with Gasteiger partial charge in [-0.05, 0) is 0 Å². The van der Waals surface area contributed by atoms with Crippen molar-refractivity contribution in [3.63, 3.8) is 0 Å². The molecule has 11 heavy (non-hydrogen) atoms. The third kappa shape index (κ3) is 3.02. The normalized spacial score (nSPS) is 14.0. The summed E-state index contributed by atoms with van der Waals surface area (Å²) in [5.41, 5.74) is -1.08. The molecule has 4 nitrogen and oxygen atoms in total. The molecule has 1 N–H and O–H groups in total. The quantitative estimate of drug-likeness (QED) is 0.526. The smallest absolute Gasteiger partial charge is 0.326 e. The second kappa shape index (κ2) is 4.50. The Hall–Kier alpha value is -0.360. The zero-order valence-electron chi connectivity index (χ0n) is 6.63. The van der Waals surface area contributed by atoms with Crippen molar-refractivity contribution in [3.05, 3.63) is 11.4 Å². The molecule has 0 aliphatic carbocycles. The molecule has 0 saturated heterocycles. The van der Waals surface area contributed by atoms with E-state index in [2.05, 4.69) is 9.37 Å². The van der Waals surface area contributed by atoms with E-state index < -0.39 is 14.0 Å². The molecule has 0 heterocycles. The average Bonchev–Trinajstić information content (AvgIpc) is 2.00. The molecular formula is C6H12NO3P. The summed E-state index contributed by atoms with van der Waals surface area (Å²) in [6.45, 7) is 10.3. The van der Waals surface area contributed by atoms with Crippen molar-refractivity contribution in [2.75, 3.05) is 0 Å². The molecule has 0 bridgehead atoms. The van der Waals surface area contributed by atoms with Crippen molar-refractivity contribution < 1.29 is 14.0 Å². The van der Waals surface area contributed by atoms with Crippen molar-refractivity contribution in [3.8, 4) is 0 Å². The van der Waals surface area contributed by atoms with Gasteiger partial charge in [0.25, 0.3) is 0 Å². The summed E-state index contributed by atoms with van der Waals surface area (Å²) in [6, 6.07) is 0. The van der Waals surface area contributed by atoms with Gasteiger partial charge in [0.2, 0.25) is 0 Å². The standard InChI is InChI=1S/C6H12NO3P/c1-4-6(5-2,7-3)10-11(8)9/h11H,4-5H2,1-2H3,(H,8,9). The van der Waals surface area contributed by atoms with E-state index in [9.17, 15) is 4.57 Å². The van der Waals surface area contributed by atoms with E-state index in [1.807, 2.05) is 0 Å². The predicted molar refractivity (Wildman–Crippen MR) is 42.2 cm³/mol. The summed E-state index contributed by atoms with van der Waals surface area (Å²) >= 11 is 0. The Kier molecular flexibility index (Phi) is 4.36. The summed E-state index contributed by atoms with van der Waals surface area (Å²) in [7, 11) is -2.99. The van der Waals surface area contributed by atoms with E-state index in [0.29, 0.717) is 12.8 Å². The molecule has 0 rings (SSSR count). The first-order chi connectivity index (χ1) is 5.10. The van der Waals surface area contributed by atoms with Crippen LogP contribution < -0.4 is 0 Å².